The van der Waals surface area contributed by atoms with Gasteiger partial charge in [0.2, 0.25) is 0 Å². The SMILES string of the molecule is CC(=C(C#N)C(=O)O)[Si](CO)(O[Si](C)(C)CO)C(C)=C(C#N)C(=O)O. The van der Waals surface area contributed by atoms with Crippen molar-refractivity contribution >= 4 is 28.6 Å². The minimum Gasteiger partial charge on any atom is -0.477 e. The summed E-state index contributed by atoms with van der Waals surface area (Å²) < 4.78 is 5.95. The van der Waals surface area contributed by atoms with Crippen molar-refractivity contribution in [2.75, 3.05) is 12.5 Å². The molecule has 0 aliphatic heterocycles. The molecule has 0 amide bonds. The molecule has 11 heteroatoms. The Labute approximate surface area is 147 Å². The summed E-state index contributed by atoms with van der Waals surface area (Å²) in [5, 5.41) is 56.0. The number of nitriles is 2. The van der Waals surface area contributed by atoms with Crippen LogP contribution < -0.4 is 0 Å². The molecule has 25 heavy (non-hydrogen) atoms. The molecule has 0 rings (SSSR count). The molecule has 136 valence electrons. The number of nitrogens with zero attached hydrogens (tertiary/aromatic N) is 2. The van der Waals surface area contributed by atoms with Gasteiger partial charge in [-0.25, -0.2) is 9.59 Å². The van der Waals surface area contributed by atoms with E-state index in [-0.39, 0.29) is 16.6 Å². The number of aliphatic carboxylic acids is 2. The van der Waals surface area contributed by atoms with Gasteiger partial charge in [0, 0.05) is 0 Å². The second kappa shape index (κ2) is 8.71. The molecule has 0 aliphatic carbocycles. The number of hydrogen-bond donors (Lipinski definition) is 4. The van der Waals surface area contributed by atoms with E-state index in [9.17, 15) is 30.0 Å². The Morgan fingerprint density at radius 2 is 1.28 bits per heavy atom. The zero-order valence-electron chi connectivity index (χ0n) is 14.3. The van der Waals surface area contributed by atoms with Crippen molar-refractivity contribution in [1.82, 2.24) is 0 Å². The van der Waals surface area contributed by atoms with Crippen molar-refractivity contribution in [3.05, 3.63) is 21.5 Å². The third-order valence-electron chi connectivity index (χ3n) is 3.67. The van der Waals surface area contributed by atoms with Crippen molar-refractivity contribution in [1.29, 1.82) is 10.5 Å². The van der Waals surface area contributed by atoms with Crippen LogP contribution in [0.4, 0.5) is 0 Å². The van der Waals surface area contributed by atoms with E-state index in [4.69, 9.17) is 14.6 Å². The van der Waals surface area contributed by atoms with Gasteiger partial charge >= 0.3 is 11.9 Å². The van der Waals surface area contributed by atoms with Crippen molar-refractivity contribution in [3.63, 3.8) is 0 Å². The molecule has 0 aromatic carbocycles. The normalized spacial score (nSPS) is 15.8. The Hall–Kier alpha value is -2.29. The summed E-state index contributed by atoms with van der Waals surface area (Å²) in [7, 11) is -6.78. The van der Waals surface area contributed by atoms with Crippen LogP contribution in [0.25, 0.3) is 0 Å². The molecular weight excluding hydrogens is 364 g/mol. The summed E-state index contributed by atoms with van der Waals surface area (Å²) >= 11 is 0. The molecular formula is C14H20N2O7Si2. The van der Waals surface area contributed by atoms with Gasteiger partial charge < -0.3 is 24.5 Å². The largest absolute Gasteiger partial charge is 0.477 e. The van der Waals surface area contributed by atoms with Gasteiger partial charge in [0.25, 0.3) is 8.32 Å². The summed E-state index contributed by atoms with van der Waals surface area (Å²) in [6, 6.07) is 3.02. The number of aliphatic hydroxyl groups excluding tert-OH is 2. The van der Waals surface area contributed by atoms with Crippen molar-refractivity contribution < 1.29 is 34.1 Å². The van der Waals surface area contributed by atoms with E-state index in [2.05, 4.69) is 0 Å². The van der Waals surface area contributed by atoms with Crippen LogP contribution in [-0.4, -0.2) is 61.5 Å². The van der Waals surface area contributed by atoms with E-state index in [1.54, 1.807) is 13.1 Å². The van der Waals surface area contributed by atoms with Crippen LogP contribution in [0.15, 0.2) is 21.5 Å². The Kier molecular flexibility index (Phi) is 7.91. The summed E-state index contributed by atoms with van der Waals surface area (Å²) in [4.78, 5) is 22.7. The molecule has 0 radical (unpaired) electrons. The zero-order chi connectivity index (χ0) is 20.0. The van der Waals surface area contributed by atoms with Crippen molar-refractivity contribution in [3.8, 4) is 12.1 Å². The number of allylic oxidation sites excluding steroid dienone is 2. The Bertz CT molecular complexity index is 666. The van der Waals surface area contributed by atoms with Gasteiger partial charge in [-0.1, -0.05) is 0 Å². The van der Waals surface area contributed by atoms with E-state index in [1.165, 1.54) is 26.0 Å². The number of aliphatic hydroxyl groups is 2. The third kappa shape index (κ3) is 4.85. The second-order valence-electron chi connectivity index (χ2n) is 5.84. The van der Waals surface area contributed by atoms with Gasteiger partial charge in [0.05, 0.1) is 12.5 Å². The molecule has 4 N–H and O–H groups in total. The van der Waals surface area contributed by atoms with Crippen molar-refractivity contribution in [2.24, 2.45) is 0 Å². The van der Waals surface area contributed by atoms with Crippen molar-refractivity contribution in [2.45, 2.75) is 26.9 Å². The Morgan fingerprint density at radius 3 is 1.48 bits per heavy atom. The first-order valence-corrected chi connectivity index (χ1v) is 12.3. The molecule has 0 bridgehead atoms. The minimum atomic E-state index is -3.92. The lowest BCUT2D eigenvalue weighted by Crippen LogP contribution is -2.56. The number of rotatable bonds is 8. The predicted molar refractivity (Wildman–Crippen MR) is 90.4 cm³/mol. The summed E-state index contributed by atoms with van der Waals surface area (Å²) in [6.45, 7) is 5.70. The van der Waals surface area contributed by atoms with Crippen LogP contribution in [0.3, 0.4) is 0 Å². The lowest BCUT2D eigenvalue weighted by molar-refractivity contribution is -0.133. The van der Waals surface area contributed by atoms with Gasteiger partial charge in [-0.2, -0.15) is 10.5 Å². The highest BCUT2D eigenvalue weighted by Crippen LogP contribution is 2.32. The molecule has 0 saturated heterocycles. The smallest absolute Gasteiger partial charge is 0.346 e. The monoisotopic (exact) mass is 384 g/mol. The average molecular weight is 384 g/mol. The molecule has 0 saturated carbocycles. The first-order valence-electron chi connectivity index (χ1n) is 7.05. The highest BCUT2D eigenvalue weighted by molar-refractivity contribution is 6.94. The fraction of sp³-hybridized carbons (Fsp3) is 0.429. The van der Waals surface area contributed by atoms with Gasteiger partial charge in [0.15, 0.2) is 8.32 Å². The first-order chi connectivity index (χ1) is 11.4. The highest BCUT2D eigenvalue weighted by Gasteiger charge is 2.48. The van der Waals surface area contributed by atoms with E-state index < -0.39 is 45.9 Å². The van der Waals surface area contributed by atoms with Gasteiger partial charge in [-0.15, -0.1) is 0 Å². The molecule has 9 nitrogen and oxygen atoms in total. The third-order valence-corrected chi connectivity index (χ3v) is 11.4. The van der Waals surface area contributed by atoms with Crippen LogP contribution in [0, 0.1) is 22.7 Å². The van der Waals surface area contributed by atoms with Crippen LogP contribution in [-0.2, 0) is 13.7 Å². The van der Waals surface area contributed by atoms with Crippen LogP contribution in [0.2, 0.25) is 13.1 Å². The topological polar surface area (TPSA) is 172 Å². The van der Waals surface area contributed by atoms with E-state index >= 15 is 0 Å². The van der Waals surface area contributed by atoms with Gasteiger partial charge in [-0.05, 0) is 37.3 Å². The lowest BCUT2D eigenvalue weighted by atomic mass is 10.3. The molecule has 0 aromatic rings. The maximum Gasteiger partial charge on any atom is 0.346 e. The molecule has 0 heterocycles. The maximum absolute atomic E-state index is 11.3. The minimum absolute atomic E-state index is 0.120. The lowest BCUT2D eigenvalue weighted by Gasteiger charge is -2.38. The summed E-state index contributed by atoms with van der Waals surface area (Å²) in [5.74, 6) is -3.11. The van der Waals surface area contributed by atoms with E-state index in [0.29, 0.717) is 0 Å². The molecule has 0 spiro atoms. The summed E-state index contributed by atoms with van der Waals surface area (Å²) in [5.41, 5.74) is -1.38. The van der Waals surface area contributed by atoms with E-state index in [1.807, 2.05) is 0 Å². The standard InChI is InChI=1S/C14H20N2O7Si2/c1-9(11(5-15)13(19)20)25(8-18,23-24(3,4)7-17)10(2)12(6-16)14(21)22/h17-18H,7-8H2,1-4H3,(H,19,20)(H,21,22). The Morgan fingerprint density at radius 1 is 0.920 bits per heavy atom. The molecule has 0 unspecified atom stereocenters. The van der Waals surface area contributed by atoms with Gasteiger partial charge in [0.1, 0.15) is 23.3 Å². The van der Waals surface area contributed by atoms with Crippen LogP contribution in [0.1, 0.15) is 13.8 Å². The first kappa shape index (κ1) is 22.7. The maximum atomic E-state index is 11.3. The zero-order valence-corrected chi connectivity index (χ0v) is 16.3. The molecule has 0 aliphatic rings. The quantitative estimate of drug-likeness (QED) is 0.258. The van der Waals surface area contributed by atoms with Crippen LogP contribution in [0.5, 0.6) is 0 Å². The number of carboxylic acid groups (broad SMARTS) is 2. The molecule has 0 fully saturated rings. The van der Waals surface area contributed by atoms with Crippen LogP contribution >= 0.6 is 0 Å². The average Bonchev–Trinajstić information content (AvgIpc) is 2.52. The fourth-order valence-corrected chi connectivity index (χ4v) is 9.88. The number of carboxylic acids is 2. The van der Waals surface area contributed by atoms with Gasteiger partial charge in [-0.3, -0.25) is 0 Å². The highest BCUT2D eigenvalue weighted by atomic mass is 28.4. The molecule has 0 atom stereocenters. The predicted octanol–water partition coefficient (Wildman–Crippen LogP) is 0.144. The Balaban J connectivity index is 7.04. The fourth-order valence-electron chi connectivity index (χ4n) is 2.20. The van der Waals surface area contributed by atoms with E-state index in [0.717, 1.165) is 0 Å². The molecule has 0 aromatic heterocycles. The number of hydrogen-bond acceptors (Lipinski definition) is 7. The summed E-state index contributed by atoms with van der Waals surface area (Å²) in [6.07, 6.45) is -1.16. The second-order valence-corrected chi connectivity index (χ2v) is 14.0. The number of carbonyl (C=O) groups is 2.